The topological polar surface area (TPSA) is 45.7 Å². The number of halogens is 4. The smallest absolute Gasteiger partial charge is 0.266 e. The molecule has 1 heterocycles. The molecule has 0 spiro atoms. The Morgan fingerprint density at radius 3 is 2.62 bits per heavy atom. The van der Waals surface area contributed by atoms with E-state index in [0.717, 1.165) is 0 Å². The van der Waals surface area contributed by atoms with Crippen LogP contribution in [0.3, 0.4) is 0 Å². The number of thiazole rings is 1. The molecule has 0 radical (unpaired) electrons. The first kappa shape index (κ1) is 23.6. The number of carbonyl (C=O) groups is 1. The molecule has 0 saturated heterocycles. The van der Waals surface area contributed by atoms with Crippen molar-refractivity contribution in [1.29, 1.82) is 0 Å². The number of ether oxygens (including phenoxy) is 1. The van der Waals surface area contributed by atoms with E-state index in [1.165, 1.54) is 23.5 Å². The van der Waals surface area contributed by atoms with Crippen molar-refractivity contribution in [2.45, 2.75) is 0 Å². The predicted octanol–water partition coefficient (Wildman–Crippen LogP) is 5.14. The van der Waals surface area contributed by atoms with Crippen molar-refractivity contribution in [2.75, 3.05) is 38.7 Å². The standard InChI is InChI=1S/C19H18Cl2FN3O2S.ClH/c1-24(2)7-8-25(19-23-15-5-4-13(22)10-17(15)28-19)18(26)11-27-16-6-3-12(20)9-14(16)21;/h3-6,9-10H,7-8,11H2,1-2H3;1H. The highest BCUT2D eigenvalue weighted by Gasteiger charge is 2.21. The number of likely N-dealkylation sites (N-methyl/N-ethyl adjacent to an activating group) is 1. The average Bonchev–Trinajstić information content (AvgIpc) is 3.03. The molecule has 156 valence electrons. The van der Waals surface area contributed by atoms with Gasteiger partial charge in [-0.3, -0.25) is 9.69 Å². The van der Waals surface area contributed by atoms with Gasteiger partial charge in [0, 0.05) is 18.1 Å². The second-order valence-corrected chi connectivity index (χ2v) is 8.17. The van der Waals surface area contributed by atoms with Gasteiger partial charge in [-0.2, -0.15) is 0 Å². The summed E-state index contributed by atoms with van der Waals surface area (Å²) in [5, 5.41) is 1.31. The van der Waals surface area contributed by atoms with Crippen molar-refractivity contribution < 1.29 is 13.9 Å². The van der Waals surface area contributed by atoms with E-state index in [1.807, 2.05) is 19.0 Å². The lowest BCUT2D eigenvalue weighted by Crippen LogP contribution is -2.39. The minimum Gasteiger partial charge on any atom is -0.482 e. The Bertz CT molecular complexity index is 1000. The molecular formula is C19H19Cl3FN3O2S. The molecule has 0 saturated carbocycles. The zero-order valence-electron chi connectivity index (χ0n) is 15.7. The summed E-state index contributed by atoms with van der Waals surface area (Å²) in [5.41, 5.74) is 0.644. The molecule has 1 amide bonds. The first-order valence-electron chi connectivity index (χ1n) is 8.42. The van der Waals surface area contributed by atoms with Crippen LogP contribution in [0.5, 0.6) is 5.75 Å². The Morgan fingerprint density at radius 1 is 1.17 bits per heavy atom. The number of hydrogen-bond donors (Lipinski definition) is 0. The molecule has 0 fully saturated rings. The quantitative estimate of drug-likeness (QED) is 0.472. The van der Waals surface area contributed by atoms with Gasteiger partial charge in [0.05, 0.1) is 15.2 Å². The molecule has 10 heteroatoms. The lowest BCUT2D eigenvalue weighted by molar-refractivity contribution is -0.120. The molecule has 3 rings (SSSR count). The van der Waals surface area contributed by atoms with Crippen molar-refractivity contribution in [3.63, 3.8) is 0 Å². The zero-order valence-corrected chi connectivity index (χ0v) is 18.8. The van der Waals surface area contributed by atoms with Gasteiger partial charge in [-0.15, -0.1) is 12.4 Å². The maximum atomic E-state index is 13.5. The number of amides is 1. The van der Waals surface area contributed by atoms with Crippen LogP contribution < -0.4 is 9.64 Å². The molecule has 0 unspecified atom stereocenters. The third kappa shape index (κ3) is 6.17. The highest BCUT2D eigenvalue weighted by Crippen LogP contribution is 2.30. The minimum absolute atomic E-state index is 0. The molecule has 0 bridgehead atoms. The molecule has 1 aromatic heterocycles. The third-order valence-electron chi connectivity index (χ3n) is 3.89. The monoisotopic (exact) mass is 477 g/mol. The molecule has 0 aliphatic carbocycles. The Hall–Kier alpha value is -1.64. The van der Waals surface area contributed by atoms with Crippen LogP contribution in [-0.4, -0.2) is 49.6 Å². The zero-order chi connectivity index (χ0) is 20.3. The Labute approximate surface area is 188 Å². The lowest BCUT2D eigenvalue weighted by atomic mass is 10.3. The maximum absolute atomic E-state index is 13.5. The fourth-order valence-corrected chi connectivity index (χ4v) is 3.94. The van der Waals surface area contributed by atoms with Crippen LogP contribution >= 0.6 is 46.9 Å². The van der Waals surface area contributed by atoms with E-state index in [4.69, 9.17) is 27.9 Å². The molecule has 2 aromatic carbocycles. The Balaban J connectivity index is 0.00000300. The van der Waals surface area contributed by atoms with E-state index in [1.54, 1.807) is 29.2 Å². The number of hydrogen-bond acceptors (Lipinski definition) is 5. The van der Waals surface area contributed by atoms with E-state index in [-0.39, 0.29) is 30.7 Å². The summed E-state index contributed by atoms with van der Waals surface area (Å²) in [4.78, 5) is 20.8. The van der Waals surface area contributed by atoms with Gasteiger partial charge in [-0.05, 0) is 50.5 Å². The molecule has 0 aliphatic rings. The van der Waals surface area contributed by atoms with Gasteiger partial charge in [0.25, 0.3) is 5.91 Å². The number of carbonyl (C=O) groups excluding carboxylic acids is 1. The summed E-state index contributed by atoms with van der Waals surface area (Å²) in [6.45, 7) is 0.850. The fourth-order valence-electron chi connectivity index (χ4n) is 2.44. The van der Waals surface area contributed by atoms with Crippen LogP contribution in [0, 0.1) is 5.82 Å². The summed E-state index contributed by atoms with van der Waals surface area (Å²) >= 11 is 13.2. The van der Waals surface area contributed by atoms with Gasteiger partial charge in [-0.1, -0.05) is 34.5 Å². The van der Waals surface area contributed by atoms with Gasteiger partial charge in [0.1, 0.15) is 11.6 Å². The first-order chi connectivity index (χ1) is 13.3. The third-order valence-corrected chi connectivity index (χ3v) is 5.46. The number of nitrogens with zero attached hydrogens (tertiary/aromatic N) is 3. The molecule has 0 N–H and O–H groups in total. The van der Waals surface area contributed by atoms with Gasteiger partial charge >= 0.3 is 0 Å². The van der Waals surface area contributed by atoms with Gasteiger partial charge in [-0.25, -0.2) is 9.37 Å². The molecule has 29 heavy (non-hydrogen) atoms. The SMILES string of the molecule is CN(C)CCN(C(=O)COc1ccc(Cl)cc1Cl)c1nc2ccc(F)cc2s1.Cl. The summed E-state index contributed by atoms with van der Waals surface area (Å²) in [7, 11) is 3.83. The summed E-state index contributed by atoms with van der Waals surface area (Å²) in [5.74, 6) is -0.236. The largest absolute Gasteiger partial charge is 0.482 e. The van der Waals surface area contributed by atoms with Crippen molar-refractivity contribution in [1.82, 2.24) is 9.88 Å². The number of anilines is 1. The summed E-state index contributed by atoms with van der Waals surface area (Å²) in [6.07, 6.45) is 0. The molecule has 0 atom stereocenters. The van der Waals surface area contributed by atoms with E-state index in [0.29, 0.717) is 44.2 Å². The average molecular weight is 479 g/mol. The van der Waals surface area contributed by atoms with Crippen molar-refractivity contribution in [3.8, 4) is 5.75 Å². The number of aromatic nitrogens is 1. The first-order valence-corrected chi connectivity index (χ1v) is 10.00. The number of rotatable bonds is 7. The molecule has 0 aliphatic heterocycles. The van der Waals surface area contributed by atoms with Crippen molar-refractivity contribution in [3.05, 3.63) is 52.3 Å². The molecule has 5 nitrogen and oxygen atoms in total. The normalized spacial score (nSPS) is 10.8. The van der Waals surface area contributed by atoms with Crippen LogP contribution in [0.1, 0.15) is 0 Å². The maximum Gasteiger partial charge on any atom is 0.266 e. The highest BCUT2D eigenvalue weighted by molar-refractivity contribution is 7.22. The van der Waals surface area contributed by atoms with Crippen molar-refractivity contribution in [2.24, 2.45) is 0 Å². The second-order valence-electron chi connectivity index (χ2n) is 6.32. The van der Waals surface area contributed by atoms with Crippen LogP contribution in [0.4, 0.5) is 9.52 Å². The lowest BCUT2D eigenvalue weighted by Gasteiger charge is -2.22. The summed E-state index contributed by atoms with van der Waals surface area (Å²) < 4.78 is 19.7. The van der Waals surface area contributed by atoms with E-state index in [2.05, 4.69) is 4.98 Å². The second kappa shape index (κ2) is 10.4. The predicted molar refractivity (Wildman–Crippen MR) is 120 cm³/mol. The minimum atomic E-state index is -0.338. The van der Waals surface area contributed by atoms with Crippen LogP contribution in [0.15, 0.2) is 36.4 Å². The van der Waals surface area contributed by atoms with E-state index < -0.39 is 0 Å². The Morgan fingerprint density at radius 2 is 1.93 bits per heavy atom. The van der Waals surface area contributed by atoms with E-state index in [9.17, 15) is 9.18 Å². The number of fused-ring (bicyclic) bond motifs is 1. The van der Waals surface area contributed by atoms with Crippen LogP contribution in [-0.2, 0) is 4.79 Å². The Kier molecular flexibility index (Phi) is 8.48. The summed E-state index contributed by atoms with van der Waals surface area (Å²) in [6, 6.07) is 9.17. The van der Waals surface area contributed by atoms with E-state index >= 15 is 0 Å². The van der Waals surface area contributed by atoms with Crippen LogP contribution in [0.2, 0.25) is 10.0 Å². The van der Waals surface area contributed by atoms with Gasteiger partial charge in [0.2, 0.25) is 0 Å². The molecular weight excluding hydrogens is 460 g/mol. The van der Waals surface area contributed by atoms with Gasteiger partial charge < -0.3 is 9.64 Å². The number of benzene rings is 2. The van der Waals surface area contributed by atoms with Crippen molar-refractivity contribution >= 4 is 68.2 Å². The molecule has 3 aromatic rings. The highest BCUT2D eigenvalue weighted by atomic mass is 35.5. The van der Waals surface area contributed by atoms with Crippen LogP contribution in [0.25, 0.3) is 10.2 Å². The van der Waals surface area contributed by atoms with Gasteiger partial charge in [0.15, 0.2) is 11.7 Å². The fraction of sp³-hybridized carbons (Fsp3) is 0.263.